The Balaban J connectivity index is -0.00000106. The quantitative estimate of drug-likeness (QED) is 0.0211. The fourth-order valence-electron chi connectivity index (χ4n) is 5.39. The molecule has 1 rings (SSSR count). The van der Waals surface area contributed by atoms with Crippen molar-refractivity contribution in [2.24, 2.45) is 23.2 Å². The van der Waals surface area contributed by atoms with E-state index < -0.39 is 6.03 Å². The number of rotatable bonds is 43. The first kappa shape index (κ1) is 75.5. The van der Waals surface area contributed by atoms with Crippen LogP contribution in [0.1, 0.15) is 92.7 Å². The number of primary amides is 1. The number of hydrazine groups is 1. The van der Waals surface area contributed by atoms with Crippen molar-refractivity contribution in [3.8, 4) is 0 Å². The van der Waals surface area contributed by atoms with Gasteiger partial charge in [0.25, 0.3) is 0 Å². The van der Waals surface area contributed by atoms with Crippen molar-refractivity contribution >= 4 is 29.8 Å². The molecule has 0 aliphatic heterocycles. The number of ether oxygens (including phenoxy) is 10. The van der Waals surface area contributed by atoms with Gasteiger partial charge in [0.1, 0.15) is 6.29 Å². The van der Waals surface area contributed by atoms with E-state index in [2.05, 4.69) is 21.3 Å². The molecular formula is C51H102N8O14. The highest BCUT2D eigenvalue weighted by molar-refractivity contribution is 5.95. The first-order valence-electron chi connectivity index (χ1n) is 25.9. The summed E-state index contributed by atoms with van der Waals surface area (Å²) in [4.78, 5) is 44.4. The summed E-state index contributed by atoms with van der Waals surface area (Å²) in [5.41, 5.74) is 13.9. The molecule has 10 N–H and O–H groups in total. The van der Waals surface area contributed by atoms with E-state index in [4.69, 9.17) is 64.7 Å². The van der Waals surface area contributed by atoms with Crippen LogP contribution in [0.15, 0.2) is 30.1 Å². The van der Waals surface area contributed by atoms with Crippen molar-refractivity contribution in [3.05, 3.63) is 41.2 Å². The summed E-state index contributed by atoms with van der Waals surface area (Å²) < 4.78 is 54.0. The minimum atomic E-state index is -0.443. The van der Waals surface area contributed by atoms with Crippen molar-refractivity contribution in [2.45, 2.75) is 101 Å². The fraction of sp³-hybridized carbons (Fsp3) is 0.765. The number of aryl methyl sites for hydroxylation is 1. The van der Waals surface area contributed by atoms with E-state index in [1.807, 2.05) is 80.5 Å². The smallest absolute Gasteiger partial charge is 0.312 e. The van der Waals surface area contributed by atoms with E-state index in [-0.39, 0.29) is 36.9 Å². The van der Waals surface area contributed by atoms with Gasteiger partial charge >= 0.3 is 6.03 Å². The number of nitrogens with two attached hydrogens (primary N) is 3. The Bertz CT molecular complexity index is 1420. The van der Waals surface area contributed by atoms with Crippen molar-refractivity contribution in [1.82, 2.24) is 21.0 Å². The minimum absolute atomic E-state index is 0.0956. The Labute approximate surface area is 439 Å². The topological polar surface area (TPSA) is 290 Å². The number of likely N-dealkylation sites (N-methyl/N-ethyl adjacent to an activating group) is 1. The van der Waals surface area contributed by atoms with Gasteiger partial charge in [0.05, 0.1) is 144 Å². The molecule has 0 saturated carbocycles. The first-order valence-corrected chi connectivity index (χ1v) is 25.9. The van der Waals surface area contributed by atoms with E-state index in [1.165, 1.54) is 5.01 Å². The normalized spacial score (nSPS) is 11.1. The molecule has 1 aromatic carbocycles. The lowest BCUT2D eigenvalue weighted by Crippen LogP contribution is -2.47. The number of urea groups is 1. The van der Waals surface area contributed by atoms with E-state index in [0.717, 1.165) is 43.3 Å². The lowest BCUT2D eigenvalue weighted by Gasteiger charge is -2.19. The van der Waals surface area contributed by atoms with Crippen LogP contribution in [0.5, 0.6) is 0 Å². The lowest BCUT2D eigenvalue weighted by molar-refractivity contribution is -0.126. The van der Waals surface area contributed by atoms with Crippen LogP contribution in [0, 0.1) is 5.92 Å². The summed E-state index contributed by atoms with van der Waals surface area (Å²) in [6.07, 6.45) is 5.76. The van der Waals surface area contributed by atoms with Crippen LogP contribution in [-0.2, 0) is 74.8 Å². The van der Waals surface area contributed by atoms with Crippen LogP contribution in [0.25, 0.3) is 0 Å². The predicted molar refractivity (Wildman–Crippen MR) is 288 cm³/mol. The SMILES string of the molecule is CC.CC.CCCNC(N)=O.CCCOCCC=O.CCc1ccc(NC(=O)CNC(=O)C(NC)C(C)C)cc1COC/C(N)=C/N(N)CCOCCOCCOCCOCCOCCOCCOCCOC. The molecule has 4 amide bonds. The molecule has 0 fully saturated rings. The van der Waals surface area contributed by atoms with E-state index >= 15 is 0 Å². The Kier molecular flexibility index (Phi) is 62.6. The molecule has 0 aromatic heterocycles. The van der Waals surface area contributed by atoms with Gasteiger partial charge in [0, 0.05) is 38.6 Å². The van der Waals surface area contributed by atoms with Gasteiger partial charge in [-0.2, -0.15) is 0 Å². The number of hydrogen-bond donors (Lipinski definition) is 7. The van der Waals surface area contributed by atoms with Crippen molar-refractivity contribution in [2.75, 3.05) is 158 Å². The summed E-state index contributed by atoms with van der Waals surface area (Å²) in [5.74, 6) is 5.60. The number of methoxy groups -OCH3 is 1. The molecule has 0 aliphatic rings. The van der Waals surface area contributed by atoms with E-state index in [9.17, 15) is 19.2 Å². The molecule has 0 aliphatic carbocycles. The predicted octanol–water partition coefficient (Wildman–Crippen LogP) is 3.92. The second kappa shape index (κ2) is 60.5. The lowest BCUT2D eigenvalue weighted by atomic mass is 10.0. The van der Waals surface area contributed by atoms with Gasteiger partial charge in [-0.15, -0.1) is 0 Å². The van der Waals surface area contributed by atoms with E-state index in [1.54, 1.807) is 20.4 Å². The Hall–Kier alpha value is -4.04. The molecule has 1 atom stereocenters. The molecule has 73 heavy (non-hydrogen) atoms. The number of carbonyl (C=O) groups is 4. The first-order chi connectivity index (χ1) is 35.4. The zero-order valence-electron chi connectivity index (χ0n) is 46.8. The molecule has 0 spiro atoms. The number of nitrogens with zero attached hydrogens (tertiary/aromatic N) is 1. The maximum absolute atomic E-state index is 12.5. The van der Waals surface area contributed by atoms with Crippen LogP contribution in [0.4, 0.5) is 10.5 Å². The highest BCUT2D eigenvalue weighted by atomic mass is 16.6. The highest BCUT2D eigenvalue weighted by Crippen LogP contribution is 2.18. The summed E-state index contributed by atoms with van der Waals surface area (Å²) in [6.45, 7) is 28.1. The summed E-state index contributed by atoms with van der Waals surface area (Å²) >= 11 is 0. The number of anilines is 1. The van der Waals surface area contributed by atoms with Crippen LogP contribution in [0.2, 0.25) is 0 Å². The second-order valence-corrected chi connectivity index (χ2v) is 15.2. The summed E-state index contributed by atoms with van der Waals surface area (Å²) in [7, 11) is 3.36. The minimum Gasteiger partial charge on any atom is -0.399 e. The molecule has 22 nitrogen and oxygen atoms in total. The van der Waals surface area contributed by atoms with Crippen LogP contribution < -0.4 is 38.6 Å². The number of nitrogens with one attached hydrogen (secondary N) is 4. The zero-order valence-corrected chi connectivity index (χ0v) is 46.8. The second-order valence-electron chi connectivity index (χ2n) is 15.2. The van der Waals surface area contributed by atoms with Crippen molar-refractivity contribution in [1.29, 1.82) is 0 Å². The third-order valence-electron chi connectivity index (χ3n) is 8.85. The van der Waals surface area contributed by atoms with Gasteiger partial charge in [-0.05, 0) is 55.5 Å². The van der Waals surface area contributed by atoms with Crippen molar-refractivity contribution < 1.29 is 66.5 Å². The van der Waals surface area contributed by atoms with Crippen LogP contribution in [-0.4, -0.2) is 188 Å². The van der Waals surface area contributed by atoms with E-state index in [0.29, 0.717) is 143 Å². The molecule has 1 unspecified atom stereocenters. The monoisotopic (exact) mass is 1050 g/mol. The third-order valence-corrected chi connectivity index (χ3v) is 8.85. The molecule has 1 aromatic rings. The maximum Gasteiger partial charge on any atom is 0.312 e. The molecular weight excluding hydrogens is 949 g/mol. The molecule has 0 bridgehead atoms. The Morgan fingerprint density at radius 3 is 1.56 bits per heavy atom. The average Bonchev–Trinajstić information content (AvgIpc) is 3.38. The summed E-state index contributed by atoms with van der Waals surface area (Å²) in [6, 6.07) is 4.83. The van der Waals surface area contributed by atoms with Gasteiger partial charge < -0.3 is 89.9 Å². The van der Waals surface area contributed by atoms with Gasteiger partial charge in [-0.1, -0.05) is 68.4 Å². The molecule has 0 saturated heterocycles. The van der Waals surface area contributed by atoms with Gasteiger partial charge in [-0.3, -0.25) is 9.59 Å². The van der Waals surface area contributed by atoms with Crippen molar-refractivity contribution in [3.63, 3.8) is 0 Å². The summed E-state index contributed by atoms with van der Waals surface area (Å²) in [5, 5.41) is 12.4. The van der Waals surface area contributed by atoms with Gasteiger partial charge in [0.2, 0.25) is 11.8 Å². The van der Waals surface area contributed by atoms with Crippen LogP contribution >= 0.6 is 0 Å². The van der Waals surface area contributed by atoms with Crippen LogP contribution in [0.3, 0.4) is 0 Å². The average molecular weight is 1050 g/mol. The highest BCUT2D eigenvalue weighted by Gasteiger charge is 2.20. The Morgan fingerprint density at radius 1 is 0.658 bits per heavy atom. The van der Waals surface area contributed by atoms with Gasteiger partial charge in [-0.25, -0.2) is 10.6 Å². The number of benzene rings is 1. The largest absolute Gasteiger partial charge is 0.399 e. The maximum atomic E-state index is 12.5. The molecule has 0 heterocycles. The number of carbonyl (C=O) groups excluding carboxylic acids is 4. The molecule has 430 valence electrons. The number of amides is 4. The zero-order chi connectivity index (χ0) is 55.6. The number of hydrogen-bond acceptors (Lipinski definition) is 18. The van der Waals surface area contributed by atoms with Gasteiger partial charge in [0.15, 0.2) is 0 Å². The molecule has 22 heteroatoms. The molecule has 0 radical (unpaired) electrons. The fourth-order valence-corrected chi connectivity index (χ4v) is 5.39. The standard InChI is InChI=1S/C37H68N6O11.C6H12O2.C4H10N2O.2C2H6/c1-6-31-7-8-34(42-35(44)26-41-37(45)36(40-4)30(2)3)25-32(31)28-54-29-33(38)27-43(39)9-10-47-13-14-49-17-18-51-21-22-53-24-23-52-20-19-50-16-15-48-12-11-46-5;1-2-5-8-6-3-4-7;1-2-3-6-4(5)7;2*1-2/h7-8,25,27,30,36,40H,6,9-24,26,28-29,38-39H2,1-5H3,(H,41,45)(H,42,44);4H,2-3,5-6H2,1H3;2-3H2,1H3,(H3,5,6,7);2*1-2H3/b33-27-;;;;. The number of aldehydes is 1. The third kappa shape index (κ3) is 54.1. The Morgan fingerprint density at radius 2 is 1.15 bits per heavy atom.